The van der Waals surface area contributed by atoms with Gasteiger partial charge in [0.25, 0.3) is 11.8 Å². The number of para-hydroxylation sites is 1. The Bertz CT molecular complexity index is 958. The smallest absolute Gasteiger partial charge is 0.289 e. The topological polar surface area (TPSA) is 80.8 Å². The van der Waals surface area contributed by atoms with Crippen molar-refractivity contribution in [1.82, 2.24) is 19.6 Å². The predicted octanol–water partition coefficient (Wildman–Crippen LogP) is 2.07. The molecule has 0 saturated carbocycles. The van der Waals surface area contributed by atoms with Crippen molar-refractivity contribution in [3.8, 4) is 11.4 Å². The average molecular weight is 380 g/mol. The van der Waals surface area contributed by atoms with Gasteiger partial charge in [0, 0.05) is 26.2 Å². The normalized spacial score (nSPS) is 14.2. The van der Waals surface area contributed by atoms with Crippen LogP contribution in [-0.2, 0) is 0 Å². The number of rotatable bonds is 4. The molecule has 0 unspecified atom stereocenters. The van der Waals surface area contributed by atoms with Crippen molar-refractivity contribution >= 4 is 11.8 Å². The van der Waals surface area contributed by atoms with Crippen molar-refractivity contribution in [2.75, 3.05) is 33.3 Å². The molecule has 2 aromatic heterocycles. The van der Waals surface area contributed by atoms with Crippen LogP contribution in [0.3, 0.4) is 0 Å². The Kier molecular flexibility index (Phi) is 4.84. The Morgan fingerprint density at radius 3 is 2.25 bits per heavy atom. The number of methoxy groups -OCH3 is 1. The van der Waals surface area contributed by atoms with Gasteiger partial charge in [-0.3, -0.25) is 9.59 Å². The Labute approximate surface area is 161 Å². The van der Waals surface area contributed by atoms with Crippen LogP contribution in [0.1, 0.15) is 21.0 Å². The first-order valence-corrected chi connectivity index (χ1v) is 8.98. The second-order valence-electron chi connectivity index (χ2n) is 6.39. The second kappa shape index (κ2) is 7.59. The molecule has 0 N–H and O–H groups in total. The molecular formula is C20H20N4O4. The summed E-state index contributed by atoms with van der Waals surface area (Å²) in [6.45, 7) is 1.72. The van der Waals surface area contributed by atoms with Crippen molar-refractivity contribution < 1.29 is 18.7 Å². The molecule has 28 heavy (non-hydrogen) atoms. The molecule has 1 aromatic carbocycles. The van der Waals surface area contributed by atoms with Gasteiger partial charge in [-0.25, -0.2) is 4.68 Å². The van der Waals surface area contributed by atoms with Gasteiger partial charge in [0.05, 0.1) is 25.3 Å². The minimum Gasteiger partial charge on any atom is -0.493 e. The summed E-state index contributed by atoms with van der Waals surface area (Å²) in [4.78, 5) is 28.7. The lowest BCUT2D eigenvalue weighted by atomic mass is 10.2. The standard InChI is InChI=1S/C20H20N4O4/c1-27-17-14-24(15-6-3-2-4-7-15)21-18(17)20(26)23-11-9-22(10-12-23)19(25)16-8-5-13-28-16/h2-8,13-14H,9-12H2,1H3. The number of carbonyl (C=O) groups is 2. The number of furan rings is 1. The van der Waals surface area contributed by atoms with Crippen LogP contribution < -0.4 is 4.74 Å². The molecule has 144 valence electrons. The van der Waals surface area contributed by atoms with Gasteiger partial charge >= 0.3 is 0 Å². The molecule has 3 heterocycles. The highest BCUT2D eigenvalue weighted by molar-refractivity contribution is 5.95. The SMILES string of the molecule is COc1cn(-c2ccccc2)nc1C(=O)N1CCN(C(=O)c2ccco2)CC1. The Morgan fingerprint density at radius 2 is 1.64 bits per heavy atom. The van der Waals surface area contributed by atoms with E-state index in [9.17, 15) is 9.59 Å². The van der Waals surface area contributed by atoms with E-state index >= 15 is 0 Å². The first-order valence-electron chi connectivity index (χ1n) is 8.98. The van der Waals surface area contributed by atoms with E-state index in [2.05, 4.69) is 5.10 Å². The van der Waals surface area contributed by atoms with Gasteiger partial charge < -0.3 is 19.0 Å². The third-order valence-electron chi connectivity index (χ3n) is 4.71. The molecule has 0 bridgehead atoms. The van der Waals surface area contributed by atoms with Crippen molar-refractivity contribution in [1.29, 1.82) is 0 Å². The number of benzene rings is 1. The molecule has 4 rings (SSSR count). The van der Waals surface area contributed by atoms with E-state index in [-0.39, 0.29) is 17.5 Å². The molecule has 1 aliphatic heterocycles. The van der Waals surface area contributed by atoms with E-state index in [0.29, 0.717) is 37.7 Å². The number of carbonyl (C=O) groups excluding carboxylic acids is 2. The summed E-state index contributed by atoms with van der Waals surface area (Å²) in [5, 5.41) is 4.43. The van der Waals surface area contributed by atoms with Crippen molar-refractivity contribution in [3.63, 3.8) is 0 Å². The van der Waals surface area contributed by atoms with Gasteiger partial charge in [0.2, 0.25) is 0 Å². The van der Waals surface area contributed by atoms with Gasteiger partial charge in [0.15, 0.2) is 17.2 Å². The molecule has 8 nitrogen and oxygen atoms in total. The zero-order chi connectivity index (χ0) is 19.5. The minimum absolute atomic E-state index is 0.164. The molecule has 1 aliphatic rings. The van der Waals surface area contributed by atoms with E-state index in [1.54, 1.807) is 32.8 Å². The van der Waals surface area contributed by atoms with Crippen LogP contribution in [-0.4, -0.2) is 64.7 Å². The Balaban J connectivity index is 1.47. The maximum atomic E-state index is 13.0. The Hall–Kier alpha value is -3.55. The van der Waals surface area contributed by atoms with E-state index < -0.39 is 0 Å². The van der Waals surface area contributed by atoms with Gasteiger partial charge in [-0.15, -0.1) is 0 Å². The van der Waals surface area contributed by atoms with Crippen molar-refractivity contribution in [2.24, 2.45) is 0 Å². The predicted molar refractivity (Wildman–Crippen MR) is 101 cm³/mol. The lowest BCUT2D eigenvalue weighted by Gasteiger charge is -2.34. The first-order chi connectivity index (χ1) is 13.7. The summed E-state index contributed by atoms with van der Waals surface area (Å²) in [6, 6.07) is 12.9. The largest absolute Gasteiger partial charge is 0.493 e. The van der Waals surface area contributed by atoms with Crippen molar-refractivity contribution in [2.45, 2.75) is 0 Å². The fourth-order valence-electron chi connectivity index (χ4n) is 3.19. The van der Waals surface area contributed by atoms with Crippen molar-refractivity contribution in [3.05, 3.63) is 66.4 Å². The maximum absolute atomic E-state index is 13.0. The summed E-state index contributed by atoms with van der Waals surface area (Å²) in [7, 11) is 1.52. The van der Waals surface area contributed by atoms with Gasteiger partial charge in [-0.2, -0.15) is 5.10 Å². The highest BCUT2D eigenvalue weighted by Crippen LogP contribution is 2.22. The molecule has 0 aliphatic carbocycles. The van der Waals surface area contributed by atoms with Crippen LogP contribution in [0.2, 0.25) is 0 Å². The van der Waals surface area contributed by atoms with E-state index in [1.807, 2.05) is 30.3 Å². The quantitative estimate of drug-likeness (QED) is 0.692. The van der Waals surface area contributed by atoms with Crippen LogP contribution in [0.25, 0.3) is 5.69 Å². The number of nitrogens with zero attached hydrogens (tertiary/aromatic N) is 4. The number of ether oxygens (including phenoxy) is 1. The number of piperazine rings is 1. The highest BCUT2D eigenvalue weighted by Gasteiger charge is 2.29. The summed E-state index contributed by atoms with van der Waals surface area (Å²) >= 11 is 0. The maximum Gasteiger partial charge on any atom is 0.289 e. The fourth-order valence-corrected chi connectivity index (χ4v) is 3.19. The van der Waals surface area contributed by atoms with Crippen LogP contribution in [0.15, 0.2) is 59.3 Å². The summed E-state index contributed by atoms with van der Waals surface area (Å²) in [6.07, 6.45) is 3.17. The number of hydrogen-bond acceptors (Lipinski definition) is 5. The molecule has 2 amide bonds. The Morgan fingerprint density at radius 1 is 0.964 bits per heavy atom. The minimum atomic E-state index is -0.211. The number of hydrogen-bond donors (Lipinski definition) is 0. The lowest BCUT2D eigenvalue weighted by Crippen LogP contribution is -2.50. The molecule has 0 radical (unpaired) electrons. The molecule has 0 atom stereocenters. The third kappa shape index (κ3) is 3.36. The summed E-state index contributed by atoms with van der Waals surface area (Å²) < 4.78 is 12.2. The zero-order valence-corrected chi connectivity index (χ0v) is 15.4. The third-order valence-corrected chi connectivity index (χ3v) is 4.71. The molecule has 3 aromatic rings. The summed E-state index contributed by atoms with van der Waals surface area (Å²) in [5.74, 6) is 0.352. The van der Waals surface area contributed by atoms with E-state index in [1.165, 1.54) is 13.4 Å². The van der Waals surface area contributed by atoms with Gasteiger partial charge in [-0.1, -0.05) is 18.2 Å². The van der Waals surface area contributed by atoms with E-state index in [0.717, 1.165) is 5.69 Å². The molecule has 8 heteroatoms. The molecule has 1 saturated heterocycles. The average Bonchev–Trinajstić information content (AvgIpc) is 3.43. The van der Waals surface area contributed by atoms with Crippen LogP contribution >= 0.6 is 0 Å². The number of aromatic nitrogens is 2. The monoisotopic (exact) mass is 380 g/mol. The van der Waals surface area contributed by atoms with Gasteiger partial charge in [0.1, 0.15) is 0 Å². The second-order valence-corrected chi connectivity index (χ2v) is 6.39. The van der Waals surface area contributed by atoms with Crippen LogP contribution in [0.5, 0.6) is 5.75 Å². The summed E-state index contributed by atoms with van der Waals surface area (Å²) in [5.41, 5.74) is 1.10. The van der Waals surface area contributed by atoms with Crippen LogP contribution in [0, 0.1) is 0 Å². The number of amides is 2. The van der Waals surface area contributed by atoms with Crippen LogP contribution in [0.4, 0.5) is 0 Å². The van der Waals surface area contributed by atoms with E-state index in [4.69, 9.17) is 9.15 Å². The highest BCUT2D eigenvalue weighted by atomic mass is 16.5. The molecule has 0 spiro atoms. The molecular weight excluding hydrogens is 360 g/mol. The molecule has 1 fully saturated rings. The lowest BCUT2D eigenvalue weighted by molar-refractivity contribution is 0.0513. The van der Waals surface area contributed by atoms with Gasteiger partial charge in [-0.05, 0) is 24.3 Å². The fraction of sp³-hybridized carbons (Fsp3) is 0.250. The first kappa shape index (κ1) is 17.8. The zero-order valence-electron chi connectivity index (χ0n) is 15.4.